The first-order chi connectivity index (χ1) is 10.3. The second-order valence-corrected chi connectivity index (χ2v) is 7.07. The third-order valence-corrected chi connectivity index (χ3v) is 5.84. The van der Waals surface area contributed by atoms with Gasteiger partial charge in [-0.3, -0.25) is 0 Å². The van der Waals surface area contributed by atoms with Gasteiger partial charge >= 0.3 is 0 Å². The van der Waals surface area contributed by atoms with Crippen molar-refractivity contribution in [1.82, 2.24) is 14.1 Å². The first-order valence-corrected chi connectivity index (χ1v) is 8.75. The SMILES string of the molecule is CNC1CC2CCCC(C1)N2c1c(Cl)ccc2nsnc12. The van der Waals surface area contributed by atoms with Gasteiger partial charge in [-0.25, -0.2) is 0 Å². The summed E-state index contributed by atoms with van der Waals surface area (Å²) in [5.41, 5.74) is 3.06. The molecule has 0 aliphatic carbocycles. The van der Waals surface area contributed by atoms with Crippen molar-refractivity contribution < 1.29 is 0 Å². The Morgan fingerprint density at radius 2 is 2.00 bits per heavy atom. The lowest BCUT2D eigenvalue weighted by Gasteiger charge is -2.50. The van der Waals surface area contributed by atoms with E-state index in [0.29, 0.717) is 18.1 Å². The lowest BCUT2D eigenvalue weighted by Crippen LogP contribution is -2.56. The van der Waals surface area contributed by atoms with Crippen molar-refractivity contribution in [3.05, 3.63) is 17.2 Å². The molecule has 2 aliphatic rings. The number of benzene rings is 1. The van der Waals surface area contributed by atoms with Crippen LogP contribution in [0.1, 0.15) is 32.1 Å². The monoisotopic (exact) mass is 322 g/mol. The molecule has 4 nitrogen and oxygen atoms in total. The summed E-state index contributed by atoms with van der Waals surface area (Å²) in [5, 5.41) is 4.28. The molecule has 4 rings (SSSR count). The zero-order chi connectivity index (χ0) is 14.4. The van der Waals surface area contributed by atoms with Crippen molar-refractivity contribution in [3.63, 3.8) is 0 Å². The molecule has 6 heteroatoms. The zero-order valence-corrected chi connectivity index (χ0v) is 13.6. The molecule has 2 fully saturated rings. The van der Waals surface area contributed by atoms with Crippen LogP contribution >= 0.6 is 23.3 Å². The molecule has 1 aromatic heterocycles. The van der Waals surface area contributed by atoms with Crippen molar-refractivity contribution in [2.75, 3.05) is 11.9 Å². The van der Waals surface area contributed by atoms with Crippen LogP contribution in [0, 0.1) is 0 Å². The number of fused-ring (bicyclic) bond motifs is 3. The number of hydrogen-bond acceptors (Lipinski definition) is 5. The Morgan fingerprint density at radius 1 is 1.24 bits per heavy atom. The van der Waals surface area contributed by atoms with E-state index in [9.17, 15) is 0 Å². The van der Waals surface area contributed by atoms with Gasteiger partial charge in [-0.15, -0.1) is 0 Å². The molecule has 2 saturated heterocycles. The van der Waals surface area contributed by atoms with Crippen LogP contribution in [-0.2, 0) is 0 Å². The molecule has 1 aromatic carbocycles. The van der Waals surface area contributed by atoms with Gasteiger partial charge in [0.05, 0.1) is 22.4 Å². The van der Waals surface area contributed by atoms with E-state index < -0.39 is 0 Å². The van der Waals surface area contributed by atoms with Crippen LogP contribution in [-0.4, -0.2) is 33.9 Å². The Kier molecular flexibility index (Phi) is 3.52. The molecule has 2 unspecified atom stereocenters. The maximum absolute atomic E-state index is 6.55. The van der Waals surface area contributed by atoms with Gasteiger partial charge in [0.1, 0.15) is 11.0 Å². The van der Waals surface area contributed by atoms with E-state index in [1.165, 1.54) is 43.8 Å². The number of nitrogens with one attached hydrogen (secondary N) is 1. The highest BCUT2D eigenvalue weighted by Crippen LogP contribution is 2.43. The molecule has 3 heterocycles. The minimum atomic E-state index is 0.569. The van der Waals surface area contributed by atoms with Crippen molar-refractivity contribution in [2.45, 2.75) is 50.2 Å². The normalized spacial score (nSPS) is 29.0. The Hall–Kier alpha value is -0.910. The average molecular weight is 323 g/mol. The third-order valence-electron chi connectivity index (χ3n) is 4.99. The molecular weight excluding hydrogens is 304 g/mol. The molecule has 2 bridgehead atoms. The Balaban J connectivity index is 1.81. The van der Waals surface area contributed by atoms with Crippen LogP contribution in [0.4, 0.5) is 5.69 Å². The van der Waals surface area contributed by atoms with Crippen LogP contribution in [0.5, 0.6) is 0 Å². The molecule has 112 valence electrons. The molecule has 2 aromatic rings. The minimum absolute atomic E-state index is 0.569. The highest BCUT2D eigenvalue weighted by atomic mass is 35.5. The Morgan fingerprint density at radius 3 is 2.71 bits per heavy atom. The summed E-state index contributed by atoms with van der Waals surface area (Å²) < 4.78 is 8.88. The van der Waals surface area contributed by atoms with Crippen molar-refractivity contribution in [3.8, 4) is 0 Å². The average Bonchev–Trinajstić information content (AvgIpc) is 2.94. The van der Waals surface area contributed by atoms with Crippen LogP contribution in [0.15, 0.2) is 12.1 Å². The summed E-state index contributed by atoms with van der Waals surface area (Å²) in [5.74, 6) is 0. The Labute approximate surface area is 133 Å². The maximum Gasteiger partial charge on any atom is 0.129 e. The van der Waals surface area contributed by atoms with Crippen LogP contribution < -0.4 is 10.2 Å². The van der Waals surface area contributed by atoms with Crippen LogP contribution in [0.25, 0.3) is 11.0 Å². The molecule has 2 aliphatic heterocycles. The number of piperidine rings is 2. The van der Waals surface area contributed by atoms with Crippen LogP contribution in [0.2, 0.25) is 5.02 Å². The largest absolute Gasteiger partial charge is 0.362 e. The van der Waals surface area contributed by atoms with Gasteiger partial charge in [-0.1, -0.05) is 11.6 Å². The molecule has 1 N–H and O–H groups in total. The number of nitrogens with zero attached hydrogens (tertiary/aromatic N) is 3. The van der Waals surface area contributed by atoms with E-state index in [0.717, 1.165) is 21.7 Å². The zero-order valence-electron chi connectivity index (χ0n) is 12.1. The van der Waals surface area contributed by atoms with Crippen LogP contribution in [0.3, 0.4) is 0 Å². The second kappa shape index (κ2) is 5.38. The number of halogens is 1. The first-order valence-electron chi connectivity index (χ1n) is 7.64. The predicted octanol–water partition coefficient (Wildman–Crippen LogP) is 3.45. The van der Waals surface area contributed by atoms with Gasteiger partial charge in [0, 0.05) is 18.1 Å². The van der Waals surface area contributed by atoms with E-state index in [1.54, 1.807) is 0 Å². The van der Waals surface area contributed by atoms with E-state index in [2.05, 4.69) is 26.0 Å². The fraction of sp³-hybridized carbons (Fsp3) is 0.600. The highest BCUT2D eigenvalue weighted by Gasteiger charge is 2.39. The van der Waals surface area contributed by atoms with Crippen molar-refractivity contribution in [1.29, 1.82) is 0 Å². The maximum atomic E-state index is 6.55. The summed E-state index contributed by atoms with van der Waals surface area (Å²) in [6.45, 7) is 0. The quantitative estimate of drug-likeness (QED) is 0.919. The van der Waals surface area contributed by atoms with Gasteiger partial charge in [0.25, 0.3) is 0 Å². The summed E-state index contributed by atoms with van der Waals surface area (Å²) in [4.78, 5) is 2.56. The smallest absolute Gasteiger partial charge is 0.129 e. The first kappa shape index (κ1) is 13.7. The number of rotatable bonds is 2. The molecule has 0 amide bonds. The van der Waals surface area contributed by atoms with Crippen molar-refractivity contribution in [2.24, 2.45) is 0 Å². The molecule has 0 radical (unpaired) electrons. The summed E-state index contributed by atoms with van der Waals surface area (Å²) in [7, 11) is 2.08. The summed E-state index contributed by atoms with van der Waals surface area (Å²) >= 11 is 7.83. The van der Waals surface area contributed by atoms with E-state index >= 15 is 0 Å². The summed E-state index contributed by atoms with van der Waals surface area (Å²) in [6.07, 6.45) is 6.21. The highest BCUT2D eigenvalue weighted by molar-refractivity contribution is 7.00. The predicted molar refractivity (Wildman–Crippen MR) is 88.4 cm³/mol. The van der Waals surface area contributed by atoms with E-state index in [-0.39, 0.29) is 0 Å². The van der Waals surface area contributed by atoms with Crippen molar-refractivity contribution >= 4 is 40.0 Å². The van der Waals surface area contributed by atoms with Gasteiger partial charge in [0.15, 0.2) is 0 Å². The second-order valence-electron chi connectivity index (χ2n) is 6.13. The third kappa shape index (κ3) is 2.22. The molecule has 0 saturated carbocycles. The lowest BCUT2D eigenvalue weighted by atomic mass is 9.81. The minimum Gasteiger partial charge on any atom is -0.362 e. The van der Waals surface area contributed by atoms with E-state index in [1.807, 2.05) is 12.1 Å². The lowest BCUT2D eigenvalue weighted by molar-refractivity contribution is 0.253. The van der Waals surface area contributed by atoms with Gasteiger partial charge in [-0.05, 0) is 51.3 Å². The fourth-order valence-corrected chi connectivity index (χ4v) is 4.83. The Bertz CT molecular complexity index is 644. The number of anilines is 1. The van der Waals surface area contributed by atoms with Gasteiger partial charge in [-0.2, -0.15) is 8.75 Å². The van der Waals surface area contributed by atoms with Gasteiger partial charge in [0.2, 0.25) is 0 Å². The number of hydrogen-bond donors (Lipinski definition) is 1. The fourth-order valence-electron chi connectivity index (χ4n) is 4.04. The standard InChI is InChI=1S/C15H19ClN4S/c1-17-9-7-10-3-2-4-11(8-9)20(10)15-12(16)5-6-13-14(15)19-21-18-13/h5-6,9-11,17H,2-4,7-8H2,1H3. The topological polar surface area (TPSA) is 41.0 Å². The molecule has 0 spiro atoms. The molecule has 21 heavy (non-hydrogen) atoms. The van der Waals surface area contributed by atoms with Gasteiger partial charge < -0.3 is 10.2 Å². The summed E-state index contributed by atoms with van der Waals surface area (Å²) in [6, 6.07) is 5.71. The molecule has 2 atom stereocenters. The van der Waals surface area contributed by atoms with E-state index in [4.69, 9.17) is 11.6 Å². The molecular formula is C15H19ClN4S. The number of aromatic nitrogens is 2.